The van der Waals surface area contributed by atoms with Gasteiger partial charge in [-0.3, -0.25) is 10.1 Å². The maximum Gasteiger partial charge on any atom is 0.416 e. The summed E-state index contributed by atoms with van der Waals surface area (Å²) in [6.45, 7) is 0. The molecule has 0 aliphatic carbocycles. The van der Waals surface area contributed by atoms with Gasteiger partial charge in [0.25, 0.3) is 5.69 Å². The number of nitro groups is 1. The molecule has 4 nitrogen and oxygen atoms in total. The molecule has 2 rings (SSSR count). The zero-order valence-electron chi connectivity index (χ0n) is 11.0. The largest absolute Gasteiger partial charge is 0.416 e. The van der Waals surface area contributed by atoms with E-state index in [0.29, 0.717) is 6.07 Å². The molecule has 0 aromatic heterocycles. The van der Waals surface area contributed by atoms with Crippen LogP contribution in [0.2, 0.25) is 10.0 Å². The number of nitro benzene ring substituents is 1. The summed E-state index contributed by atoms with van der Waals surface area (Å²) in [5, 5.41) is 11.4. The summed E-state index contributed by atoms with van der Waals surface area (Å²) in [5.74, 6) is 0. The first-order valence-electron chi connectivity index (χ1n) is 5.88. The molecule has 0 atom stereocenters. The lowest BCUT2D eigenvalue weighted by Crippen LogP contribution is -2.06. The Morgan fingerprint density at radius 2 is 1.74 bits per heavy atom. The number of nitrogen functional groups attached to an aromatic ring is 1. The molecule has 0 saturated heterocycles. The predicted octanol–water partition coefficient (Wildman–Crippen LogP) is 5.65. The Morgan fingerprint density at radius 3 is 2.30 bits per heavy atom. The number of hydrogen-bond acceptors (Lipinski definition) is 4. The van der Waals surface area contributed by atoms with Gasteiger partial charge < -0.3 is 5.73 Å². The predicted molar refractivity (Wildman–Crippen MR) is 83.1 cm³/mol. The molecule has 122 valence electrons. The van der Waals surface area contributed by atoms with Crippen molar-refractivity contribution in [2.75, 3.05) is 5.73 Å². The summed E-state index contributed by atoms with van der Waals surface area (Å²) >= 11 is 12.6. The van der Waals surface area contributed by atoms with Gasteiger partial charge in [0, 0.05) is 6.07 Å². The highest BCUT2D eigenvalue weighted by molar-refractivity contribution is 7.99. The number of benzene rings is 2. The Morgan fingerprint density at radius 1 is 1.13 bits per heavy atom. The van der Waals surface area contributed by atoms with Crippen LogP contribution < -0.4 is 5.73 Å². The van der Waals surface area contributed by atoms with Crippen LogP contribution in [0, 0.1) is 10.1 Å². The van der Waals surface area contributed by atoms with Gasteiger partial charge in [-0.15, -0.1) is 0 Å². The van der Waals surface area contributed by atoms with Crippen molar-refractivity contribution < 1.29 is 18.1 Å². The van der Waals surface area contributed by atoms with Gasteiger partial charge in [0.2, 0.25) is 0 Å². The molecule has 0 saturated carbocycles. The average molecular weight is 383 g/mol. The fourth-order valence-electron chi connectivity index (χ4n) is 1.69. The number of nitrogens with zero attached hydrogens (tertiary/aromatic N) is 1. The van der Waals surface area contributed by atoms with E-state index in [1.54, 1.807) is 0 Å². The third-order valence-corrected chi connectivity index (χ3v) is 4.76. The van der Waals surface area contributed by atoms with Gasteiger partial charge in [0.1, 0.15) is 0 Å². The lowest BCUT2D eigenvalue weighted by Gasteiger charge is -2.11. The SMILES string of the molecule is Nc1c(Cl)ccc(Cl)c1Sc1ccc(C(F)(F)F)cc1[N+](=O)[O-]. The van der Waals surface area contributed by atoms with Gasteiger partial charge in [-0.1, -0.05) is 35.0 Å². The van der Waals surface area contributed by atoms with E-state index in [9.17, 15) is 23.3 Å². The molecule has 0 bridgehead atoms. The summed E-state index contributed by atoms with van der Waals surface area (Å²) in [4.78, 5) is 10.4. The maximum atomic E-state index is 12.7. The molecule has 0 spiro atoms. The molecule has 0 aliphatic rings. The van der Waals surface area contributed by atoms with Crippen LogP contribution in [0.5, 0.6) is 0 Å². The van der Waals surface area contributed by atoms with E-state index >= 15 is 0 Å². The molecule has 0 radical (unpaired) electrons. The fraction of sp³-hybridized carbons (Fsp3) is 0.0769. The lowest BCUT2D eigenvalue weighted by atomic mass is 10.2. The highest BCUT2D eigenvalue weighted by Gasteiger charge is 2.33. The third kappa shape index (κ3) is 3.82. The zero-order chi connectivity index (χ0) is 17.4. The van der Waals surface area contributed by atoms with E-state index in [1.165, 1.54) is 12.1 Å². The van der Waals surface area contributed by atoms with Crippen LogP contribution in [-0.2, 0) is 6.18 Å². The van der Waals surface area contributed by atoms with E-state index in [1.807, 2.05) is 0 Å². The maximum absolute atomic E-state index is 12.7. The third-order valence-electron chi connectivity index (χ3n) is 2.79. The van der Waals surface area contributed by atoms with E-state index in [-0.39, 0.29) is 25.5 Å². The summed E-state index contributed by atoms with van der Waals surface area (Å²) in [7, 11) is 0. The second-order valence-corrected chi connectivity index (χ2v) is 6.18. The number of halogens is 5. The standard InChI is InChI=1S/C13H7Cl2F3N2O2S/c14-7-2-3-8(15)12(11(7)19)23-10-4-1-6(13(16,17)18)5-9(10)20(21)22/h1-5H,19H2. The molecule has 0 aliphatic heterocycles. The van der Waals surface area contributed by atoms with Gasteiger partial charge in [-0.2, -0.15) is 13.2 Å². The second kappa shape index (κ2) is 6.46. The van der Waals surface area contributed by atoms with Crippen LogP contribution in [0.4, 0.5) is 24.5 Å². The molecule has 10 heteroatoms. The normalized spacial score (nSPS) is 11.5. The zero-order valence-corrected chi connectivity index (χ0v) is 13.4. The Kier molecular flexibility index (Phi) is 4.98. The van der Waals surface area contributed by atoms with Crippen molar-refractivity contribution in [1.29, 1.82) is 0 Å². The minimum atomic E-state index is -4.68. The second-order valence-electron chi connectivity index (χ2n) is 4.31. The first kappa shape index (κ1) is 17.7. The Hall–Kier alpha value is -1.64. The van der Waals surface area contributed by atoms with Crippen LogP contribution in [0.25, 0.3) is 0 Å². The van der Waals surface area contributed by atoms with Crippen molar-refractivity contribution in [2.24, 2.45) is 0 Å². The van der Waals surface area contributed by atoms with Gasteiger partial charge in [-0.05, 0) is 24.3 Å². The molecule has 0 unspecified atom stereocenters. The molecule has 2 aromatic carbocycles. The first-order valence-corrected chi connectivity index (χ1v) is 7.45. The quantitative estimate of drug-likeness (QED) is 0.422. The monoisotopic (exact) mass is 382 g/mol. The van der Waals surface area contributed by atoms with Crippen molar-refractivity contribution in [3.8, 4) is 0 Å². The highest BCUT2D eigenvalue weighted by Crippen LogP contribution is 2.44. The molecule has 0 fully saturated rings. The number of rotatable bonds is 3. The molecular weight excluding hydrogens is 376 g/mol. The van der Waals surface area contributed by atoms with E-state index in [0.717, 1.165) is 23.9 Å². The lowest BCUT2D eigenvalue weighted by molar-refractivity contribution is -0.388. The molecule has 23 heavy (non-hydrogen) atoms. The molecule has 2 N–H and O–H groups in total. The van der Waals surface area contributed by atoms with E-state index in [4.69, 9.17) is 28.9 Å². The van der Waals surface area contributed by atoms with Crippen molar-refractivity contribution >= 4 is 46.3 Å². The van der Waals surface area contributed by atoms with Crippen molar-refractivity contribution in [1.82, 2.24) is 0 Å². The van der Waals surface area contributed by atoms with Gasteiger partial charge in [0.15, 0.2) is 0 Å². The summed E-state index contributed by atoms with van der Waals surface area (Å²) < 4.78 is 38.0. The van der Waals surface area contributed by atoms with Crippen molar-refractivity contribution in [2.45, 2.75) is 16.0 Å². The number of hydrogen-bond donors (Lipinski definition) is 1. The van der Waals surface area contributed by atoms with Crippen LogP contribution in [0.3, 0.4) is 0 Å². The average Bonchev–Trinajstić information content (AvgIpc) is 2.46. The minimum absolute atomic E-state index is 0.0288. The van der Waals surface area contributed by atoms with Crippen LogP contribution in [0.1, 0.15) is 5.56 Å². The van der Waals surface area contributed by atoms with Crippen LogP contribution in [0.15, 0.2) is 40.1 Å². The molecular formula is C13H7Cl2F3N2O2S. The molecule has 0 heterocycles. The Balaban J connectivity index is 2.53. The summed E-state index contributed by atoms with van der Waals surface area (Å²) in [6, 6.07) is 5.12. The first-order chi connectivity index (χ1) is 10.6. The van der Waals surface area contributed by atoms with Crippen LogP contribution in [-0.4, -0.2) is 4.92 Å². The Labute approximate surface area is 142 Å². The topological polar surface area (TPSA) is 69.2 Å². The van der Waals surface area contributed by atoms with Gasteiger partial charge in [-0.25, -0.2) is 0 Å². The van der Waals surface area contributed by atoms with E-state index < -0.39 is 22.4 Å². The molecule has 2 aromatic rings. The summed E-state index contributed by atoms with van der Waals surface area (Å²) in [5.41, 5.74) is 4.06. The van der Waals surface area contributed by atoms with Crippen molar-refractivity contribution in [3.05, 3.63) is 56.1 Å². The van der Waals surface area contributed by atoms with Crippen molar-refractivity contribution in [3.63, 3.8) is 0 Å². The van der Waals surface area contributed by atoms with Gasteiger partial charge >= 0.3 is 6.18 Å². The highest BCUT2D eigenvalue weighted by atomic mass is 35.5. The number of nitrogens with two attached hydrogens (primary N) is 1. The van der Waals surface area contributed by atoms with Gasteiger partial charge in [0.05, 0.1) is 36.0 Å². The molecule has 0 amide bonds. The Bertz CT molecular complexity index is 785. The van der Waals surface area contributed by atoms with Crippen LogP contribution >= 0.6 is 35.0 Å². The summed E-state index contributed by atoms with van der Waals surface area (Å²) in [6.07, 6.45) is -4.68. The number of anilines is 1. The van der Waals surface area contributed by atoms with E-state index in [2.05, 4.69) is 0 Å². The number of alkyl halides is 3. The smallest absolute Gasteiger partial charge is 0.397 e. The minimum Gasteiger partial charge on any atom is -0.397 e. The fourth-order valence-corrected chi connectivity index (χ4v) is 3.16.